The van der Waals surface area contributed by atoms with E-state index in [2.05, 4.69) is 15.8 Å². The fourth-order valence-electron chi connectivity index (χ4n) is 3.39. The van der Waals surface area contributed by atoms with Crippen molar-refractivity contribution in [1.82, 2.24) is 5.43 Å². The van der Waals surface area contributed by atoms with Crippen molar-refractivity contribution in [2.75, 3.05) is 19.0 Å². The number of methoxy groups -OCH3 is 1. The van der Waals surface area contributed by atoms with Gasteiger partial charge in [0.2, 0.25) is 0 Å². The quantitative estimate of drug-likeness (QED) is 0.301. The molecule has 34 heavy (non-hydrogen) atoms. The molecule has 7 nitrogen and oxygen atoms in total. The predicted molar refractivity (Wildman–Crippen MR) is 133 cm³/mol. The van der Waals surface area contributed by atoms with Crippen molar-refractivity contribution >= 4 is 34.5 Å². The lowest BCUT2D eigenvalue weighted by molar-refractivity contribution is -0.118. The number of hydrogen-bond donors (Lipinski definition) is 2. The summed E-state index contributed by atoms with van der Waals surface area (Å²) in [5, 5.41) is 8.67. The molecule has 4 aromatic rings. The Kier molecular flexibility index (Phi) is 7.15. The van der Waals surface area contributed by atoms with Crippen LogP contribution < -0.4 is 20.2 Å². The Bertz CT molecular complexity index is 1330. The van der Waals surface area contributed by atoms with Crippen molar-refractivity contribution < 1.29 is 19.1 Å². The third-order valence-corrected chi connectivity index (χ3v) is 5.02. The maximum absolute atomic E-state index is 12.6. The standard InChI is InChI=1S/C27H23N3O4/c1-33-25-16-19(14-15-24(25)34-18-26(31)29-21-10-3-2-4-11-21)17-28-30-27(32)23-13-7-9-20-8-5-6-12-22(20)23/h2-17H,18H2,1H3,(H,29,31)(H,30,32). The fourth-order valence-corrected chi connectivity index (χ4v) is 3.39. The molecule has 0 heterocycles. The number of amides is 2. The normalized spacial score (nSPS) is 10.7. The van der Waals surface area contributed by atoms with E-state index in [-0.39, 0.29) is 18.4 Å². The number of carbonyl (C=O) groups excluding carboxylic acids is 2. The van der Waals surface area contributed by atoms with E-state index in [1.54, 1.807) is 36.4 Å². The highest BCUT2D eigenvalue weighted by molar-refractivity contribution is 6.07. The lowest BCUT2D eigenvalue weighted by Gasteiger charge is -2.11. The highest BCUT2D eigenvalue weighted by Gasteiger charge is 2.10. The van der Waals surface area contributed by atoms with Crippen LogP contribution in [0.4, 0.5) is 5.69 Å². The fraction of sp³-hybridized carbons (Fsp3) is 0.0741. The van der Waals surface area contributed by atoms with Crippen molar-refractivity contribution in [3.05, 3.63) is 102 Å². The van der Waals surface area contributed by atoms with E-state index in [0.717, 1.165) is 10.8 Å². The van der Waals surface area contributed by atoms with Gasteiger partial charge in [-0.2, -0.15) is 5.10 Å². The number of ether oxygens (including phenoxy) is 2. The number of fused-ring (bicyclic) bond motifs is 1. The minimum Gasteiger partial charge on any atom is -0.493 e. The summed E-state index contributed by atoms with van der Waals surface area (Å²) in [4.78, 5) is 24.7. The molecular formula is C27H23N3O4. The van der Waals surface area contributed by atoms with Crippen LogP contribution in [-0.2, 0) is 4.79 Å². The van der Waals surface area contributed by atoms with Gasteiger partial charge in [-0.3, -0.25) is 9.59 Å². The molecular weight excluding hydrogens is 430 g/mol. The first-order valence-electron chi connectivity index (χ1n) is 10.6. The van der Waals surface area contributed by atoms with Crippen LogP contribution >= 0.6 is 0 Å². The van der Waals surface area contributed by atoms with E-state index in [1.165, 1.54) is 13.3 Å². The topological polar surface area (TPSA) is 89.0 Å². The van der Waals surface area contributed by atoms with Crippen LogP contribution in [0.3, 0.4) is 0 Å². The minimum absolute atomic E-state index is 0.167. The molecule has 0 aliphatic heterocycles. The molecule has 0 aliphatic rings. The Morgan fingerprint density at radius 1 is 0.882 bits per heavy atom. The van der Waals surface area contributed by atoms with Gasteiger partial charge in [-0.1, -0.05) is 54.6 Å². The summed E-state index contributed by atoms with van der Waals surface area (Å²) in [5.74, 6) is 0.277. The molecule has 0 saturated carbocycles. The molecule has 0 atom stereocenters. The average molecular weight is 453 g/mol. The number of hydrazone groups is 1. The first kappa shape index (κ1) is 22.5. The lowest BCUT2D eigenvalue weighted by Crippen LogP contribution is -2.20. The lowest BCUT2D eigenvalue weighted by atomic mass is 10.0. The second-order valence-corrected chi connectivity index (χ2v) is 7.34. The van der Waals surface area contributed by atoms with E-state index in [9.17, 15) is 9.59 Å². The van der Waals surface area contributed by atoms with Crippen molar-refractivity contribution in [1.29, 1.82) is 0 Å². The summed E-state index contributed by atoms with van der Waals surface area (Å²) in [6.07, 6.45) is 1.51. The van der Waals surface area contributed by atoms with Gasteiger partial charge in [0, 0.05) is 11.3 Å². The van der Waals surface area contributed by atoms with Gasteiger partial charge in [-0.15, -0.1) is 0 Å². The summed E-state index contributed by atoms with van der Waals surface area (Å²) in [6, 6.07) is 27.5. The molecule has 0 aliphatic carbocycles. The SMILES string of the molecule is COc1cc(C=NNC(=O)c2cccc3ccccc23)ccc1OCC(=O)Nc1ccccc1. The maximum Gasteiger partial charge on any atom is 0.271 e. The zero-order valence-electron chi connectivity index (χ0n) is 18.5. The maximum atomic E-state index is 12.6. The van der Waals surface area contributed by atoms with Gasteiger partial charge >= 0.3 is 0 Å². The minimum atomic E-state index is -0.301. The Balaban J connectivity index is 1.37. The smallest absolute Gasteiger partial charge is 0.271 e. The molecule has 0 saturated heterocycles. The first-order valence-corrected chi connectivity index (χ1v) is 10.6. The zero-order chi connectivity index (χ0) is 23.8. The largest absolute Gasteiger partial charge is 0.493 e. The van der Waals surface area contributed by atoms with Crippen molar-refractivity contribution in [2.24, 2.45) is 5.10 Å². The molecule has 0 aromatic heterocycles. The number of nitrogens with zero attached hydrogens (tertiary/aromatic N) is 1. The van der Waals surface area contributed by atoms with E-state index < -0.39 is 0 Å². The third-order valence-electron chi connectivity index (χ3n) is 5.02. The predicted octanol–water partition coefficient (Wildman–Crippen LogP) is 4.63. The van der Waals surface area contributed by atoms with Crippen molar-refractivity contribution in [3.63, 3.8) is 0 Å². The van der Waals surface area contributed by atoms with Gasteiger partial charge in [-0.05, 0) is 52.7 Å². The number of nitrogens with one attached hydrogen (secondary N) is 2. The third kappa shape index (κ3) is 5.58. The zero-order valence-corrected chi connectivity index (χ0v) is 18.5. The molecule has 4 aromatic carbocycles. The Morgan fingerprint density at radius 3 is 2.47 bits per heavy atom. The summed E-state index contributed by atoms with van der Waals surface area (Å²) in [7, 11) is 1.51. The number of para-hydroxylation sites is 1. The highest BCUT2D eigenvalue weighted by Crippen LogP contribution is 2.27. The molecule has 2 amide bonds. The van der Waals surface area contributed by atoms with Gasteiger partial charge in [0.1, 0.15) is 0 Å². The Labute approximate surface area is 197 Å². The molecule has 0 fully saturated rings. The number of hydrogen-bond acceptors (Lipinski definition) is 5. The monoisotopic (exact) mass is 453 g/mol. The van der Waals surface area contributed by atoms with Crippen molar-refractivity contribution in [3.8, 4) is 11.5 Å². The van der Waals surface area contributed by atoms with E-state index in [0.29, 0.717) is 28.3 Å². The van der Waals surface area contributed by atoms with Crippen LogP contribution in [-0.4, -0.2) is 31.7 Å². The van der Waals surface area contributed by atoms with Crippen LogP contribution in [0.15, 0.2) is 96.1 Å². The molecule has 0 unspecified atom stereocenters. The van der Waals surface area contributed by atoms with Gasteiger partial charge in [0.05, 0.1) is 13.3 Å². The average Bonchev–Trinajstić information content (AvgIpc) is 2.88. The van der Waals surface area contributed by atoms with Crippen LogP contribution in [0.2, 0.25) is 0 Å². The van der Waals surface area contributed by atoms with Crippen LogP contribution in [0.25, 0.3) is 10.8 Å². The Hall–Kier alpha value is -4.65. The van der Waals surface area contributed by atoms with Crippen LogP contribution in [0.5, 0.6) is 11.5 Å². The molecule has 0 bridgehead atoms. The summed E-state index contributed by atoms with van der Waals surface area (Å²) >= 11 is 0. The second-order valence-electron chi connectivity index (χ2n) is 7.34. The van der Waals surface area contributed by atoms with E-state index >= 15 is 0 Å². The van der Waals surface area contributed by atoms with Gasteiger partial charge in [0.15, 0.2) is 18.1 Å². The number of benzene rings is 4. The number of anilines is 1. The summed E-state index contributed by atoms with van der Waals surface area (Å²) in [5.41, 5.74) is 4.49. The van der Waals surface area contributed by atoms with Gasteiger partial charge < -0.3 is 14.8 Å². The first-order chi connectivity index (χ1) is 16.6. The van der Waals surface area contributed by atoms with Gasteiger partial charge in [-0.25, -0.2) is 5.43 Å². The molecule has 0 radical (unpaired) electrons. The number of rotatable bonds is 8. The van der Waals surface area contributed by atoms with E-state index in [1.807, 2.05) is 54.6 Å². The molecule has 4 rings (SSSR count). The summed E-state index contributed by atoms with van der Waals surface area (Å²) in [6.45, 7) is -0.167. The van der Waals surface area contributed by atoms with Gasteiger partial charge in [0.25, 0.3) is 11.8 Å². The summed E-state index contributed by atoms with van der Waals surface area (Å²) < 4.78 is 11.0. The molecule has 2 N–H and O–H groups in total. The molecule has 7 heteroatoms. The second kappa shape index (κ2) is 10.8. The number of carbonyl (C=O) groups is 2. The van der Waals surface area contributed by atoms with E-state index in [4.69, 9.17) is 9.47 Å². The molecule has 170 valence electrons. The molecule has 0 spiro atoms. The van der Waals surface area contributed by atoms with Crippen LogP contribution in [0.1, 0.15) is 15.9 Å². The van der Waals surface area contributed by atoms with Crippen molar-refractivity contribution in [2.45, 2.75) is 0 Å². The highest BCUT2D eigenvalue weighted by atomic mass is 16.5. The van der Waals surface area contributed by atoms with Crippen LogP contribution in [0, 0.1) is 0 Å². The Morgan fingerprint density at radius 2 is 1.65 bits per heavy atom.